The predicted molar refractivity (Wildman–Crippen MR) is 76.1 cm³/mol. The van der Waals surface area contributed by atoms with E-state index in [0.717, 1.165) is 12.2 Å². The minimum absolute atomic E-state index is 0.247. The lowest BCUT2D eigenvalue weighted by Crippen LogP contribution is -2.47. The van der Waals surface area contributed by atoms with E-state index in [-0.39, 0.29) is 5.60 Å². The molecule has 3 heterocycles. The quantitative estimate of drug-likeness (QED) is 0.774. The lowest BCUT2D eigenvalue weighted by molar-refractivity contribution is 0.0491. The van der Waals surface area contributed by atoms with Gasteiger partial charge in [-0.15, -0.1) is 0 Å². The molecule has 3 aliphatic rings. The van der Waals surface area contributed by atoms with E-state index < -0.39 is 0 Å². The Balaban J connectivity index is 1.59. The summed E-state index contributed by atoms with van der Waals surface area (Å²) < 4.78 is 5.72. The third-order valence-corrected chi connectivity index (χ3v) is 5.39. The molecule has 1 spiro atoms. The summed E-state index contributed by atoms with van der Waals surface area (Å²) in [5.74, 6) is 0. The number of nitrogens with zero attached hydrogens (tertiary/aromatic N) is 2. The topological polar surface area (TPSA) is 39.6 Å². The molecular formula is C17H20N2O. The van der Waals surface area contributed by atoms with Crippen molar-refractivity contribution in [1.82, 2.24) is 4.90 Å². The fraction of sp³-hybridized carbons (Fsp3) is 0.588. The van der Waals surface area contributed by atoms with Crippen LogP contribution in [0.3, 0.4) is 0 Å². The van der Waals surface area contributed by atoms with Crippen LogP contribution in [0.15, 0.2) is 24.3 Å². The van der Waals surface area contributed by atoms with E-state index in [1.54, 1.807) is 0 Å². The van der Waals surface area contributed by atoms with Crippen molar-refractivity contribution < 1.29 is 4.74 Å². The number of ether oxygens (including phenoxy) is 1. The second-order valence-electron chi connectivity index (χ2n) is 6.63. The van der Waals surface area contributed by atoms with Gasteiger partial charge in [-0.1, -0.05) is 12.1 Å². The van der Waals surface area contributed by atoms with E-state index in [1.165, 1.54) is 31.2 Å². The molecule has 3 unspecified atom stereocenters. The summed E-state index contributed by atoms with van der Waals surface area (Å²) in [5.41, 5.74) is 2.28. The summed E-state index contributed by atoms with van der Waals surface area (Å²) in [7, 11) is 0. The van der Waals surface area contributed by atoms with Crippen LogP contribution < -0.4 is 0 Å². The minimum Gasteiger partial charge on any atom is -0.369 e. The summed E-state index contributed by atoms with van der Waals surface area (Å²) in [6.45, 7) is 3.26. The standard InChI is InChI=1S/C17H20N2O/c1-12(14-4-2-3-13(7-14)10-18)19-15-5-6-16(19)9-17(8-15)11-20-17/h2-4,7,12,15-16H,5-6,8-9,11H2,1H3. The van der Waals surface area contributed by atoms with Gasteiger partial charge in [-0.25, -0.2) is 0 Å². The Morgan fingerprint density at radius 3 is 2.65 bits per heavy atom. The third kappa shape index (κ3) is 1.87. The highest BCUT2D eigenvalue weighted by atomic mass is 16.6. The van der Waals surface area contributed by atoms with Gasteiger partial charge in [-0.2, -0.15) is 5.26 Å². The van der Waals surface area contributed by atoms with Crippen LogP contribution in [0.1, 0.15) is 49.8 Å². The lowest BCUT2D eigenvalue weighted by Gasteiger charge is -2.42. The fourth-order valence-electron chi connectivity index (χ4n) is 4.35. The van der Waals surface area contributed by atoms with Gasteiger partial charge in [0.1, 0.15) is 0 Å². The van der Waals surface area contributed by atoms with E-state index in [2.05, 4.69) is 24.0 Å². The second-order valence-corrected chi connectivity index (χ2v) is 6.63. The fourth-order valence-corrected chi connectivity index (χ4v) is 4.35. The van der Waals surface area contributed by atoms with Crippen molar-refractivity contribution in [2.24, 2.45) is 0 Å². The summed E-state index contributed by atoms with van der Waals surface area (Å²) in [4.78, 5) is 2.68. The molecule has 3 atom stereocenters. The molecule has 1 aromatic rings. The number of fused-ring (bicyclic) bond motifs is 2. The normalized spacial score (nSPS) is 36.8. The average Bonchev–Trinajstić information content (AvgIpc) is 3.16. The van der Waals surface area contributed by atoms with Crippen molar-refractivity contribution in [3.05, 3.63) is 35.4 Å². The predicted octanol–water partition coefficient (Wildman–Crippen LogP) is 3.02. The molecule has 4 rings (SSSR count). The Hall–Kier alpha value is -1.37. The van der Waals surface area contributed by atoms with Crippen LogP contribution in [0.5, 0.6) is 0 Å². The summed E-state index contributed by atoms with van der Waals surface area (Å²) in [5, 5.41) is 9.07. The highest BCUT2D eigenvalue weighted by Crippen LogP contribution is 2.51. The molecule has 3 heteroatoms. The van der Waals surface area contributed by atoms with E-state index in [0.29, 0.717) is 18.1 Å². The molecule has 0 saturated carbocycles. The highest BCUT2D eigenvalue weighted by molar-refractivity contribution is 5.34. The molecule has 3 fully saturated rings. The summed E-state index contributed by atoms with van der Waals surface area (Å²) >= 11 is 0. The van der Waals surface area contributed by atoms with Gasteiger partial charge in [0.25, 0.3) is 0 Å². The minimum atomic E-state index is 0.247. The third-order valence-electron chi connectivity index (χ3n) is 5.39. The maximum atomic E-state index is 9.07. The van der Waals surface area contributed by atoms with Gasteiger partial charge in [0, 0.05) is 18.1 Å². The first-order chi connectivity index (χ1) is 9.71. The van der Waals surface area contributed by atoms with Crippen LogP contribution in [-0.2, 0) is 4.74 Å². The molecule has 0 aromatic heterocycles. The van der Waals surface area contributed by atoms with Gasteiger partial charge < -0.3 is 4.74 Å². The Kier molecular flexibility index (Phi) is 2.67. The summed E-state index contributed by atoms with van der Waals surface area (Å²) in [6, 6.07) is 12.1. The number of piperidine rings is 1. The van der Waals surface area contributed by atoms with Gasteiger partial charge in [0.05, 0.1) is 23.8 Å². The molecule has 3 aliphatic heterocycles. The molecule has 2 bridgehead atoms. The van der Waals surface area contributed by atoms with Crippen LogP contribution in [0.2, 0.25) is 0 Å². The Bertz CT molecular complexity index is 557. The number of nitriles is 1. The van der Waals surface area contributed by atoms with Gasteiger partial charge in [-0.05, 0) is 50.3 Å². The largest absolute Gasteiger partial charge is 0.369 e. The zero-order valence-corrected chi connectivity index (χ0v) is 11.9. The monoisotopic (exact) mass is 268 g/mol. The average molecular weight is 268 g/mol. The maximum absolute atomic E-state index is 9.07. The zero-order chi connectivity index (χ0) is 13.7. The highest BCUT2D eigenvalue weighted by Gasteiger charge is 2.56. The van der Waals surface area contributed by atoms with Crippen molar-refractivity contribution in [1.29, 1.82) is 5.26 Å². The number of hydrogen-bond donors (Lipinski definition) is 0. The molecule has 0 radical (unpaired) electrons. The van der Waals surface area contributed by atoms with Crippen LogP contribution in [0, 0.1) is 11.3 Å². The van der Waals surface area contributed by atoms with Crippen molar-refractivity contribution in [2.75, 3.05) is 6.61 Å². The van der Waals surface area contributed by atoms with Gasteiger partial charge in [-0.3, -0.25) is 4.90 Å². The molecule has 0 N–H and O–H groups in total. The van der Waals surface area contributed by atoms with Gasteiger partial charge >= 0.3 is 0 Å². The smallest absolute Gasteiger partial charge is 0.0991 e. The molecule has 20 heavy (non-hydrogen) atoms. The molecule has 3 nitrogen and oxygen atoms in total. The molecule has 3 saturated heterocycles. The SMILES string of the molecule is CC(c1cccc(C#N)c1)N1C2CCC1CC1(CO1)C2. The number of benzene rings is 1. The second kappa shape index (κ2) is 4.31. The van der Waals surface area contributed by atoms with E-state index in [9.17, 15) is 0 Å². The van der Waals surface area contributed by atoms with Gasteiger partial charge in [0.15, 0.2) is 0 Å². The van der Waals surface area contributed by atoms with Crippen LogP contribution in [0.4, 0.5) is 0 Å². The van der Waals surface area contributed by atoms with Crippen LogP contribution >= 0.6 is 0 Å². The maximum Gasteiger partial charge on any atom is 0.0991 e. The first kappa shape index (κ1) is 12.4. The van der Waals surface area contributed by atoms with Crippen molar-refractivity contribution in [3.8, 4) is 6.07 Å². The van der Waals surface area contributed by atoms with E-state index in [4.69, 9.17) is 10.00 Å². The molecular weight excluding hydrogens is 248 g/mol. The van der Waals surface area contributed by atoms with Crippen molar-refractivity contribution in [3.63, 3.8) is 0 Å². The van der Waals surface area contributed by atoms with Crippen LogP contribution in [0.25, 0.3) is 0 Å². The van der Waals surface area contributed by atoms with Crippen molar-refractivity contribution >= 4 is 0 Å². The molecule has 104 valence electrons. The first-order valence-electron chi connectivity index (χ1n) is 7.62. The van der Waals surface area contributed by atoms with Crippen molar-refractivity contribution in [2.45, 2.75) is 56.3 Å². The number of hydrogen-bond acceptors (Lipinski definition) is 3. The number of epoxide rings is 1. The van der Waals surface area contributed by atoms with E-state index in [1.807, 2.05) is 18.2 Å². The Morgan fingerprint density at radius 1 is 1.35 bits per heavy atom. The Morgan fingerprint density at radius 2 is 2.05 bits per heavy atom. The zero-order valence-electron chi connectivity index (χ0n) is 11.9. The first-order valence-corrected chi connectivity index (χ1v) is 7.62. The number of rotatable bonds is 2. The van der Waals surface area contributed by atoms with E-state index >= 15 is 0 Å². The Labute approximate surface area is 120 Å². The van der Waals surface area contributed by atoms with Crippen LogP contribution in [-0.4, -0.2) is 29.2 Å². The molecule has 1 aromatic carbocycles. The molecule has 0 amide bonds. The molecule has 0 aliphatic carbocycles. The summed E-state index contributed by atoms with van der Waals surface area (Å²) in [6.07, 6.45) is 5.01. The lowest BCUT2D eigenvalue weighted by atomic mass is 9.89. The van der Waals surface area contributed by atoms with Gasteiger partial charge in [0.2, 0.25) is 0 Å².